The van der Waals surface area contributed by atoms with Crippen LogP contribution in [-0.4, -0.2) is 55.9 Å². The van der Waals surface area contributed by atoms with Gasteiger partial charge in [-0.2, -0.15) is 10.1 Å². The van der Waals surface area contributed by atoms with Crippen LogP contribution >= 0.6 is 15.9 Å². The van der Waals surface area contributed by atoms with Crippen molar-refractivity contribution in [1.29, 1.82) is 0 Å². The van der Waals surface area contributed by atoms with Crippen molar-refractivity contribution in [2.24, 2.45) is 0 Å². The summed E-state index contributed by atoms with van der Waals surface area (Å²) < 4.78 is 29.2. The molecule has 2 aromatic heterocycles. The minimum absolute atomic E-state index is 0.0343. The molecule has 1 spiro atoms. The number of H-pyrrole nitrogens is 1. The minimum Gasteiger partial charge on any atom is -0.328 e. The minimum atomic E-state index is -2.92. The Hall–Kier alpha value is -2.95. The molecule has 2 N–H and O–H groups in total. The standard InChI is InChI=1S/C18H13BrF2N6O2/c19-10-1-2-11-12(3-10)17(7-18(17,20)21)8-27(15(11)29)6-13(28)24-16-22-4-9-5-23-26-14(9)25-16/h1-5H,6-8H2,(H2,22,23,24,25,26,28)/t17-/m0/s1. The highest BCUT2D eigenvalue weighted by atomic mass is 79.9. The molecule has 0 bridgehead atoms. The van der Waals surface area contributed by atoms with E-state index in [9.17, 15) is 18.4 Å². The van der Waals surface area contributed by atoms with Gasteiger partial charge in [0.25, 0.3) is 11.8 Å². The Kier molecular flexibility index (Phi) is 3.76. The Balaban J connectivity index is 1.39. The normalized spacial score (nSPS) is 22.0. The van der Waals surface area contributed by atoms with Crippen LogP contribution in [0.5, 0.6) is 0 Å². The quantitative estimate of drug-likeness (QED) is 0.622. The number of alkyl halides is 2. The average Bonchev–Trinajstić information content (AvgIpc) is 3.00. The summed E-state index contributed by atoms with van der Waals surface area (Å²) in [7, 11) is 0. The Morgan fingerprint density at radius 2 is 2.14 bits per heavy atom. The van der Waals surface area contributed by atoms with Crippen LogP contribution in [0.15, 0.2) is 35.1 Å². The maximum Gasteiger partial charge on any atom is 0.260 e. The summed E-state index contributed by atoms with van der Waals surface area (Å²) in [6.45, 7) is -0.604. The van der Waals surface area contributed by atoms with E-state index in [0.717, 1.165) is 4.90 Å². The maximum atomic E-state index is 14.3. The number of halogens is 3. The molecule has 1 aromatic carbocycles. The molecule has 8 nitrogen and oxygen atoms in total. The second-order valence-electron chi connectivity index (χ2n) is 7.23. The third kappa shape index (κ3) is 2.79. The number of benzene rings is 1. The molecule has 29 heavy (non-hydrogen) atoms. The van der Waals surface area contributed by atoms with Crippen molar-refractivity contribution in [3.63, 3.8) is 0 Å². The van der Waals surface area contributed by atoms with Gasteiger partial charge in [0, 0.05) is 29.2 Å². The number of fused-ring (bicyclic) bond motifs is 3. The molecule has 0 radical (unpaired) electrons. The smallest absolute Gasteiger partial charge is 0.260 e. The molecule has 1 saturated carbocycles. The third-order valence-electron chi connectivity index (χ3n) is 5.35. The lowest BCUT2D eigenvalue weighted by Gasteiger charge is -2.34. The number of carbonyl (C=O) groups is 2. The maximum absolute atomic E-state index is 14.3. The predicted octanol–water partition coefficient (Wildman–Crippen LogP) is 2.49. The number of carbonyl (C=O) groups excluding carboxylic acids is 2. The fourth-order valence-electron chi connectivity index (χ4n) is 3.81. The lowest BCUT2D eigenvalue weighted by atomic mass is 9.86. The first kappa shape index (κ1) is 18.1. The summed E-state index contributed by atoms with van der Waals surface area (Å²) in [5.74, 6) is -3.92. The van der Waals surface area contributed by atoms with Gasteiger partial charge in [-0.1, -0.05) is 15.9 Å². The van der Waals surface area contributed by atoms with Crippen molar-refractivity contribution < 1.29 is 18.4 Å². The van der Waals surface area contributed by atoms with E-state index in [2.05, 4.69) is 41.4 Å². The van der Waals surface area contributed by atoms with E-state index in [1.807, 2.05) is 0 Å². The Labute approximate surface area is 170 Å². The number of anilines is 1. The summed E-state index contributed by atoms with van der Waals surface area (Å²) in [5, 5.41) is 9.65. The fourth-order valence-corrected chi connectivity index (χ4v) is 4.18. The number of nitrogens with zero attached hydrogens (tertiary/aromatic N) is 4. The highest BCUT2D eigenvalue weighted by Crippen LogP contribution is 2.64. The zero-order chi connectivity index (χ0) is 20.4. The monoisotopic (exact) mass is 462 g/mol. The summed E-state index contributed by atoms with van der Waals surface area (Å²) >= 11 is 3.28. The van der Waals surface area contributed by atoms with E-state index in [1.165, 1.54) is 12.3 Å². The number of amides is 2. The topological polar surface area (TPSA) is 104 Å². The predicted molar refractivity (Wildman–Crippen MR) is 102 cm³/mol. The molecule has 3 heterocycles. The Bertz CT molecular complexity index is 1180. The lowest BCUT2D eigenvalue weighted by Crippen LogP contribution is -2.48. The van der Waals surface area contributed by atoms with Crippen LogP contribution < -0.4 is 5.32 Å². The van der Waals surface area contributed by atoms with Crippen LogP contribution in [0.2, 0.25) is 0 Å². The van der Waals surface area contributed by atoms with Crippen LogP contribution in [0.25, 0.3) is 11.0 Å². The van der Waals surface area contributed by atoms with E-state index in [-0.39, 0.29) is 31.0 Å². The molecule has 0 unspecified atom stereocenters. The highest BCUT2D eigenvalue weighted by molar-refractivity contribution is 9.10. The van der Waals surface area contributed by atoms with Gasteiger partial charge >= 0.3 is 0 Å². The molecule has 1 fully saturated rings. The molecule has 3 aromatic rings. The van der Waals surface area contributed by atoms with Crippen molar-refractivity contribution in [2.75, 3.05) is 18.4 Å². The molecular formula is C18H13BrF2N6O2. The number of aromatic amines is 1. The second kappa shape index (κ2) is 6.02. The number of hydrogen-bond donors (Lipinski definition) is 2. The first-order chi connectivity index (χ1) is 13.8. The van der Waals surface area contributed by atoms with Gasteiger partial charge in [-0.3, -0.25) is 20.0 Å². The van der Waals surface area contributed by atoms with Gasteiger partial charge in [0.1, 0.15) is 6.54 Å². The van der Waals surface area contributed by atoms with E-state index >= 15 is 0 Å². The van der Waals surface area contributed by atoms with E-state index in [0.29, 0.717) is 21.1 Å². The van der Waals surface area contributed by atoms with E-state index < -0.39 is 23.2 Å². The molecule has 148 valence electrons. The van der Waals surface area contributed by atoms with Gasteiger partial charge < -0.3 is 4.90 Å². The molecule has 5 rings (SSSR count). The molecule has 1 aliphatic carbocycles. The van der Waals surface area contributed by atoms with Crippen LogP contribution in [0, 0.1) is 0 Å². The van der Waals surface area contributed by atoms with Crippen LogP contribution in [-0.2, 0) is 10.2 Å². The zero-order valence-corrected chi connectivity index (χ0v) is 16.3. The Morgan fingerprint density at radius 3 is 2.90 bits per heavy atom. The first-order valence-corrected chi connectivity index (χ1v) is 9.51. The van der Waals surface area contributed by atoms with Gasteiger partial charge in [0.15, 0.2) is 5.65 Å². The number of aromatic nitrogens is 4. The van der Waals surface area contributed by atoms with Gasteiger partial charge in [-0.15, -0.1) is 0 Å². The first-order valence-electron chi connectivity index (χ1n) is 8.72. The van der Waals surface area contributed by atoms with Crippen molar-refractivity contribution in [2.45, 2.75) is 17.8 Å². The molecule has 1 atom stereocenters. The number of rotatable bonds is 3. The Morgan fingerprint density at radius 1 is 1.34 bits per heavy atom. The number of nitrogens with one attached hydrogen (secondary N) is 2. The largest absolute Gasteiger partial charge is 0.328 e. The highest BCUT2D eigenvalue weighted by Gasteiger charge is 2.74. The van der Waals surface area contributed by atoms with E-state index in [1.54, 1.807) is 18.3 Å². The van der Waals surface area contributed by atoms with Gasteiger partial charge in [-0.25, -0.2) is 13.8 Å². The van der Waals surface area contributed by atoms with Crippen molar-refractivity contribution >= 4 is 44.7 Å². The van der Waals surface area contributed by atoms with Crippen LogP contribution in [0.3, 0.4) is 0 Å². The molecular weight excluding hydrogens is 450 g/mol. The van der Waals surface area contributed by atoms with Crippen molar-refractivity contribution in [3.8, 4) is 0 Å². The zero-order valence-electron chi connectivity index (χ0n) is 14.7. The summed E-state index contributed by atoms with van der Waals surface area (Å²) in [5.41, 5.74) is -0.488. The molecule has 0 saturated heterocycles. The molecule has 1 aliphatic heterocycles. The van der Waals surface area contributed by atoms with Crippen LogP contribution in [0.4, 0.5) is 14.7 Å². The van der Waals surface area contributed by atoms with Gasteiger partial charge in [-0.05, 0) is 23.8 Å². The summed E-state index contributed by atoms with van der Waals surface area (Å²) in [6.07, 6.45) is 2.67. The van der Waals surface area contributed by atoms with Crippen molar-refractivity contribution in [3.05, 3.63) is 46.2 Å². The van der Waals surface area contributed by atoms with E-state index in [4.69, 9.17) is 0 Å². The SMILES string of the molecule is O=C(CN1C[C@@]2(CC2(F)F)c2cc(Br)ccc2C1=O)Nc1ncc2cn[nH]c2n1. The van der Waals surface area contributed by atoms with Gasteiger partial charge in [0.05, 0.1) is 17.0 Å². The molecule has 2 aliphatic rings. The molecule has 2 amide bonds. The third-order valence-corrected chi connectivity index (χ3v) is 5.84. The summed E-state index contributed by atoms with van der Waals surface area (Å²) in [4.78, 5) is 34.5. The molecule has 11 heteroatoms. The lowest BCUT2D eigenvalue weighted by molar-refractivity contribution is -0.117. The average molecular weight is 463 g/mol. The number of hydrogen-bond acceptors (Lipinski definition) is 5. The second-order valence-corrected chi connectivity index (χ2v) is 8.15. The summed E-state index contributed by atoms with van der Waals surface area (Å²) in [6, 6.07) is 4.71. The van der Waals surface area contributed by atoms with Crippen molar-refractivity contribution in [1.82, 2.24) is 25.1 Å². The van der Waals surface area contributed by atoms with Gasteiger partial charge in [0.2, 0.25) is 11.9 Å². The fraction of sp³-hybridized carbons (Fsp3) is 0.278. The van der Waals surface area contributed by atoms with Crippen LogP contribution in [0.1, 0.15) is 22.3 Å².